The van der Waals surface area contributed by atoms with Crippen LogP contribution in [0.15, 0.2) is 47.5 Å². The van der Waals surface area contributed by atoms with Gasteiger partial charge in [-0.2, -0.15) is 0 Å². The molecule has 3 aromatic rings. The van der Waals surface area contributed by atoms with Gasteiger partial charge in [0.2, 0.25) is 10.0 Å². The van der Waals surface area contributed by atoms with Gasteiger partial charge in [0, 0.05) is 39.5 Å². The molecule has 1 saturated heterocycles. The first-order valence-electron chi connectivity index (χ1n) is 9.39. The molecule has 0 saturated carbocycles. The molecule has 0 bridgehead atoms. The number of sulfonamides is 1. The third-order valence-electron chi connectivity index (χ3n) is 5.55. The van der Waals surface area contributed by atoms with E-state index < -0.39 is 10.0 Å². The predicted molar refractivity (Wildman–Crippen MR) is 111 cm³/mol. The molecule has 0 radical (unpaired) electrons. The maximum Gasteiger partial charge on any atom is 0.261 e. The Bertz CT molecular complexity index is 1210. The first-order valence-corrected chi connectivity index (χ1v) is 11.0. The normalized spacial score (nSPS) is 20.0. The van der Waals surface area contributed by atoms with Gasteiger partial charge in [-0.25, -0.2) is 17.7 Å². The van der Waals surface area contributed by atoms with Crippen LogP contribution in [0, 0.1) is 5.92 Å². The standard InChI is InChI=1S/C20H24N4O4S/c1-22(2)29(26,27)13-15-11-28-12-18(15)24-9-8-21-19(24)16-10-14-6-4-5-7-17(14)23(3)20(16)25/h4-10,15,18H,11-13H2,1-3H3/t15-,18+/m0/s1. The summed E-state index contributed by atoms with van der Waals surface area (Å²) in [4.78, 5) is 17.5. The van der Waals surface area contributed by atoms with Crippen LogP contribution in [-0.4, -0.2) is 59.9 Å². The fraction of sp³-hybridized carbons (Fsp3) is 0.400. The van der Waals surface area contributed by atoms with E-state index in [-0.39, 0.29) is 23.3 Å². The summed E-state index contributed by atoms with van der Waals surface area (Å²) in [5, 5.41) is 0.938. The first-order chi connectivity index (χ1) is 13.8. The molecule has 1 fully saturated rings. The Labute approximate surface area is 169 Å². The molecule has 4 rings (SSSR count). The van der Waals surface area contributed by atoms with Crippen molar-refractivity contribution in [3.63, 3.8) is 0 Å². The molecule has 1 aliphatic rings. The van der Waals surface area contributed by atoms with Crippen LogP contribution in [-0.2, 0) is 21.8 Å². The van der Waals surface area contributed by atoms with Crippen LogP contribution in [0.25, 0.3) is 22.3 Å². The highest BCUT2D eigenvalue weighted by Gasteiger charge is 2.35. The van der Waals surface area contributed by atoms with Gasteiger partial charge in [0.1, 0.15) is 5.82 Å². The molecule has 0 amide bonds. The van der Waals surface area contributed by atoms with Gasteiger partial charge >= 0.3 is 0 Å². The molecular formula is C20H24N4O4S. The van der Waals surface area contributed by atoms with E-state index in [1.807, 2.05) is 34.9 Å². The van der Waals surface area contributed by atoms with E-state index in [9.17, 15) is 13.2 Å². The van der Waals surface area contributed by atoms with Crippen molar-refractivity contribution in [1.29, 1.82) is 0 Å². The Balaban J connectivity index is 1.77. The number of ether oxygens (including phenoxy) is 1. The van der Waals surface area contributed by atoms with Crippen molar-refractivity contribution in [2.45, 2.75) is 6.04 Å². The van der Waals surface area contributed by atoms with Crippen LogP contribution in [0.3, 0.4) is 0 Å². The third-order valence-corrected chi connectivity index (χ3v) is 7.51. The largest absolute Gasteiger partial charge is 0.379 e. The number of para-hydroxylation sites is 1. The van der Waals surface area contributed by atoms with Crippen molar-refractivity contribution in [2.75, 3.05) is 33.1 Å². The van der Waals surface area contributed by atoms with E-state index in [4.69, 9.17) is 4.74 Å². The summed E-state index contributed by atoms with van der Waals surface area (Å²) in [5.74, 6) is 0.289. The quantitative estimate of drug-likeness (QED) is 0.629. The number of rotatable bonds is 5. The van der Waals surface area contributed by atoms with Gasteiger partial charge in [-0.1, -0.05) is 18.2 Å². The predicted octanol–water partition coefficient (Wildman–Crippen LogP) is 1.48. The van der Waals surface area contributed by atoms with E-state index in [0.717, 1.165) is 10.9 Å². The summed E-state index contributed by atoms with van der Waals surface area (Å²) >= 11 is 0. The Kier molecular flexibility index (Phi) is 5.05. The van der Waals surface area contributed by atoms with Crippen LogP contribution in [0.5, 0.6) is 0 Å². The lowest BCUT2D eigenvalue weighted by Crippen LogP contribution is -2.32. The number of fused-ring (bicyclic) bond motifs is 1. The molecular weight excluding hydrogens is 392 g/mol. The van der Waals surface area contributed by atoms with E-state index in [0.29, 0.717) is 24.6 Å². The maximum atomic E-state index is 13.0. The lowest BCUT2D eigenvalue weighted by Gasteiger charge is -2.22. The Hall–Kier alpha value is -2.49. The molecule has 2 aromatic heterocycles. The van der Waals surface area contributed by atoms with Crippen LogP contribution < -0.4 is 5.56 Å². The second-order valence-corrected chi connectivity index (χ2v) is 9.79. The van der Waals surface area contributed by atoms with E-state index in [1.54, 1.807) is 24.0 Å². The third kappa shape index (κ3) is 3.50. The van der Waals surface area contributed by atoms with Crippen LogP contribution in [0.4, 0.5) is 0 Å². The first kappa shape index (κ1) is 19.8. The fourth-order valence-corrected chi connectivity index (χ4v) is 5.00. The van der Waals surface area contributed by atoms with E-state index in [1.165, 1.54) is 18.4 Å². The molecule has 154 valence electrons. The molecule has 0 spiro atoms. The molecule has 0 N–H and O–H groups in total. The highest BCUT2D eigenvalue weighted by atomic mass is 32.2. The number of benzene rings is 1. The zero-order valence-corrected chi connectivity index (χ0v) is 17.5. The number of aryl methyl sites for hydroxylation is 1. The second kappa shape index (κ2) is 7.40. The zero-order valence-electron chi connectivity index (χ0n) is 16.6. The Morgan fingerprint density at radius 3 is 2.76 bits per heavy atom. The van der Waals surface area contributed by atoms with Gasteiger partial charge in [0.05, 0.1) is 36.1 Å². The maximum absolute atomic E-state index is 13.0. The summed E-state index contributed by atoms with van der Waals surface area (Å²) in [6.07, 6.45) is 3.43. The molecule has 1 aromatic carbocycles. The SMILES string of the molecule is CN(C)S(=O)(=O)C[C@@H]1COC[C@H]1n1ccnc1-c1cc2ccccc2n(C)c1=O. The average molecular weight is 417 g/mol. The van der Waals surface area contributed by atoms with Crippen LogP contribution >= 0.6 is 0 Å². The fourth-order valence-electron chi connectivity index (χ4n) is 3.85. The molecule has 2 atom stereocenters. The van der Waals surface area contributed by atoms with Crippen molar-refractivity contribution in [3.05, 3.63) is 53.1 Å². The molecule has 0 unspecified atom stereocenters. The average Bonchev–Trinajstić information content (AvgIpc) is 3.33. The van der Waals surface area contributed by atoms with Crippen molar-refractivity contribution < 1.29 is 13.2 Å². The van der Waals surface area contributed by atoms with Crippen molar-refractivity contribution in [1.82, 2.24) is 18.4 Å². The van der Waals surface area contributed by atoms with E-state index >= 15 is 0 Å². The zero-order chi connectivity index (χ0) is 20.8. The van der Waals surface area contributed by atoms with Crippen LogP contribution in [0.1, 0.15) is 6.04 Å². The Morgan fingerprint density at radius 1 is 1.24 bits per heavy atom. The number of nitrogens with zero attached hydrogens (tertiary/aromatic N) is 4. The minimum atomic E-state index is -3.37. The number of aromatic nitrogens is 3. The summed E-state index contributed by atoms with van der Waals surface area (Å²) in [6, 6.07) is 9.32. The number of imidazole rings is 1. The number of hydrogen-bond acceptors (Lipinski definition) is 5. The summed E-state index contributed by atoms with van der Waals surface area (Å²) in [7, 11) is 1.43. The van der Waals surface area contributed by atoms with E-state index in [2.05, 4.69) is 4.98 Å². The lowest BCUT2D eigenvalue weighted by molar-refractivity contribution is 0.182. The van der Waals surface area contributed by atoms with Crippen molar-refractivity contribution in [3.8, 4) is 11.4 Å². The summed E-state index contributed by atoms with van der Waals surface area (Å²) < 4.78 is 35.1. The monoisotopic (exact) mass is 416 g/mol. The Morgan fingerprint density at radius 2 is 2.00 bits per heavy atom. The number of pyridine rings is 1. The minimum absolute atomic E-state index is 0.0159. The minimum Gasteiger partial charge on any atom is -0.379 e. The van der Waals surface area contributed by atoms with Crippen molar-refractivity contribution >= 4 is 20.9 Å². The molecule has 29 heavy (non-hydrogen) atoms. The van der Waals surface area contributed by atoms with Gasteiger partial charge in [0.25, 0.3) is 5.56 Å². The highest BCUT2D eigenvalue weighted by Crippen LogP contribution is 2.31. The van der Waals surface area contributed by atoms with Gasteiger partial charge in [-0.05, 0) is 17.5 Å². The van der Waals surface area contributed by atoms with Gasteiger partial charge in [-0.3, -0.25) is 4.79 Å². The lowest BCUT2D eigenvalue weighted by atomic mass is 10.1. The van der Waals surface area contributed by atoms with Gasteiger partial charge < -0.3 is 13.9 Å². The molecule has 8 nitrogen and oxygen atoms in total. The van der Waals surface area contributed by atoms with Gasteiger partial charge in [-0.15, -0.1) is 0 Å². The number of hydrogen-bond donors (Lipinski definition) is 0. The topological polar surface area (TPSA) is 86.4 Å². The smallest absolute Gasteiger partial charge is 0.261 e. The molecule has 0 aliphatic carbocycles. The second-order valence-electron chi connectivity index (χ2n) is 7.56. The van der Waals surface area contributed by atoms with Gasteiger partial charge in [0.15, 0.2) is 0 Å². The molecule has 9 heteroatoms. The summed E-state index contributed by atoms with van der Waals surface area (Å²) in [6.45, 7) is 0.732. The molecule has 1 aliphatic heterocycles. The highest BCUT2D eigenvalue weighted by molar-refractivity contribution is 7.89. The van der Waals surface area contributed by atoms with Crippen molar-refractivity contribution in [2.24, 2.45) is 13.0 Å². The molecule has 3 heterocycles. The summed E-state index contributed by atoms with van der Waals surface area (Å²) in [5.41, 5.74) is 1.18. The van der Waals surface area contributed by atoms with Crippen LogP contribution in [0.2, 0.25) is 0 Å².